The van der Waals surface area contributed by atoms with Crippen molar-refractivity contribution in [3.63, 3.8) is 0 Å². The monoisotopic (exact) mass is 344 g/mol. The van der Waals surface area contributed by atoms with E-state index in [1.54, 1.807) is 0 Å². The first kappa shape index (κ1) is 18.3. The summed E-state index contributed by atoms with van der Waals surface area (Å²) in [5, 5.41) is 37.3. The van der Waals surface area contributed by atoms with Crippen LogP contribution in [0, 0.1) is 0 Å². The maximum Gasteiger partial charge on any atom is 0.335 e. The molecule has 0 amide bonds. The average Bonchev–Trinajstić information content (AvgIpc) is 2.54. The fourth-order valence-electron chi connectivity index (χ4n) is 2.80. The van der Waals surface area contributed by atoms with Crippen LogP contribution >= 0.6 is 0 Å². The molecule has 0 aliphatic heterocycles. The second-order valence-electron chi connectivity index (χ2n) is 5.85. The summed E-state index contributed by atoms with van der Waals surface area (Å²) in [6.45, 7) is 0. The molecule has 0 saturated heterocycles. The Morgan fingerprint density at radius 3 is 1.44 bits per heavy atom. The van der Waals surface area contributed by atoms with E-state index in [-0.39, 0.29) is 22.6 Å². The van der Waals surface area contributed by atoms with Gasteiger partial charge in [0.05, 0.1) is 11.1 Å². The Hall–Kier alpha value is -3.02. The Bertz CT molecular complexity index is 716. The highest BCUT2D eigenvalue weighted by atomic mass is 16.4. The second kappa shape index (κ2) is 8.19. The smallest absolute Gasteiger partial charge is 0.335 e. The van der Waals surface area contributed by atoms with E-state index in [0.717, 1.165) is 6.42 Å². The molecule has 0 heterocycles. The third-order valence-electron chi connectivity index (χ3n) is 4.03. The Morgan fingerprint density at radius 2 is 1.08 bits per heavy atom. The van der Waals surface area contributed by atoms with Crippen LogP contribution in [0.25, 0.3) is 0 Å². The van der Waals surface area contributed by atoms with E-state index in [1.165, 1.54) is 36.4 Å². The number of aromatic carboxylic acids is 2. The molecule has 0 spiro atoms. The predicted molar refractivity (Wildman–Crippen MR) is 91.4 cm³/mol. The first-order valence-electron chi connectivity index (χ1n) is 7.99. The van der Waals surface area contributed by atoms with Gasteiger partial charge in [0.15, 0.2) is 0 Å². The Morgan fingerprint density at radius 1 is 0.680 bits per heavy atom. The van der Waals surface area contributed by atoms with Crippen molar-refractivity contribution in [2.75, 3.05) is 0 Å². The van der Waals surface area contributed by atoms with Gasteiger partial charge in [-0.2, -0.15) is 0 Å². The molecule has 0 aliphatic carbocycles. The molecule has 0 atom stereocenters. The van der Waals surface area contributed by atoms with Gasteiger partial charge in [0, 0.05) is 0 Å². The maximum absolute atomic E-state index is 11.2. The van der Waals surface area contributed by atoms with Crippen LogP contribution in [0.4, 0.5) is 0 Å². The normalized spacial score (nSPS) is 10.6. The zero-order valence-corrected chi connectivity index (χ0v) is 13.6. The predicted octanol–water partition coefficient (Wildman–Crippen LogP) is 3.45. The lowest BCUT2D eigenvalue weighted by molar-refractivity contribution is 0.0684. The Kier molecular flexibility index (Phi) is 6.00. The van der Waals surface area contributed by atoms with E-state index in [4.69, 9.17) is 10.2 Å². The molecule has 132 valence electrons. The molecule has 0 bridgehead atoms. The molecule has 0 saturated carbocycles. The summed E-state index contributed by atoms with van der Waals surface area (Å²) in [5.74, 6) is -1.99. The fourth-order valence-corrected chi connectivity index (χ4v) is 2.80. The van der Waals surface area contributed by atoms with Crippen LogP contribution in [0.5, 0.6) is 11.5 Å². The van der Waals surface area contributed by atoms with Gasteiger partial charge in [-0.05, 0) is 73.2 Å². The summed E-state index contributed by atoms with van der Waals surface area (Å²) in [6, 6.07) is 8.39. The van der Waals surface area contributed by atoms with E-state index in [9.17, 15) is 19.8 Å². The van der Waals surface area contributed by atoms with E-state index < -0.39 is 11.9 Å². The molecule has 0 aromatic heterocycles. The van der Waals surface area contributed by atoms with Crippen molar-refractivity contribution in [1.29, 1.82) is 0 Å². The standard InChI is InChI=1S/C19H20O6/c20-14-6-8-16(18(22)23)12(10-14)4-2-1-3-5-13-11-15(21)7-9-17(13)19(24)25/h6-11,20-21H,1-5H2,(H,22,23)(H,24,25). The molecule has 2 aromatic carbocycles. The number of aryl methyl sites for hydroxylation is 2. The molecular weight excluding hydrogens is 324 g/mol. The molecule has 0 unspecified atom stereocenters. The maximum atomic E-state index is 11.2. The van der Waals surface area contributed by atoms with Gasteiger partial charge in [-0.1, -0.05) is 6.42 Å². The number of carboxylic acid groups (broad SMARTS) is 2. The van der Waals surface area contributed by atoms with Crippen LogP contribution in [0.15, 0.2) is 36.4 Å². The van der Waals surface area contributed by atoms with Crippen molar-refractivity contribution < 1.29 is 30.0 Å². The van der Waals surface area contributed by atoms with Gasteiger partial charge in [-0.25, -0.2) is 9.59 Å². The summed E-state index contributed by atoms with van der Waals surface area (Å²) in [6.07, 6.45) is 3.23. The van der Waals surface area contributed by atoms with Crippen LogP contribution in [-0.4, -0.2) is 32.4 Å². The highest BCUT2D eigenvalue weighted by molar-refractivity contribution is 5.90. The van der Waals surface area contributed by atoms with E-state index in [1.807, 2.05) is 0 Å². The Balaban J connectivity index is 1.91. The number of carbonyl (C=O) groups is 2. The van der Waals surface area contributed by atoms with Gasteiger partial charge >= 0.3 is 11.9 Å². The quantitative estimate of drug-likeness (QED) is 0.545. The summed E-state index contributed by atoms with van der Waals surface area (Å²) >= 11 is 0. The topological polar surface area (TPSA) is 115 Å². The third-order valence-corrected chi connectivity index (χ3v) is 4.03. The van der Waals surface area contributed by atoms with E-state index in [0.29, 0.717) is 36.8 Å². The lowest BCUT2D eigenvalue weighted by atomic mass is 9.98. The summed E-state index contributed by atoms with van der Waals surface area (Å²) in [5.41, 5.74) is 1.52. The molecule has 4 N–H and O–H groups in total. The minimum absolute atomic E-state index is 0.0332. The van der Waals surface area contributed by atoms with Gasteiger partial charge in [-0.15, -0.1) is 0 Å². The van der Waals surface area contributed by atoms with Gasteiger partial charge in [-0.3, -0.25) is 0 Å². The average molecular weight is 344 g/mol. The van der Waals surface area contributed by atoms with Crippen LogP contribution in [-0.2, 0) is 12.8 Å². The zero-order valence-electron chi connectivity index (χ0n) is 13.6. The number of rotatable bonds is 8. The molecule has 25 heavy (non-hydrogen) atoms. The van der Waals surface area contributed by atoms with Gasteiger partial charge in [0.1, 0.15) is 11.5 Å². The number of carboxylic acids is 2. The van der Waals surface area contributed by atoms with Crippen LogP contribution in [0.3, 0.4) is 0 Å². The van der Waals surface area contributed by atoms with Crippen molar-refractivity contribution in [1.82, 2.24) is 0 Å². The third kappa shape index (κ3) is 4.97. The lowest BCUT2D eigenvalue weighted by Crippen LogP contribution is -2.03. The number of aromatic hydroxyl groups is 2. The second-order valence-corrected chi connectivity index (χ2v) is 5.85. The highest BCUT2D eigenvalue weighted by Crippen LogP contribution is 2.21. The molecule has 2 aromatic rings. The van der Waals surface area contributed by atoms with Crippen LogP contribution in [0.2, 0.25) is 0 Å². The van der Waals surface area contributed by atoms with Gasteiger partial charge in [0.2, 0.25) is 0 Å². The fraction of sp³-hybridized carbons (Fsp3) is 0.263. The highest BCUT2D eigenvalue weighted by Gasteiger charge is 2.12. The van der Waals surface area contributed by atoms with Crippen molar-refractivity contribution in [2.24, 2.45) is 0 Å². The SMILES string of the molecule is O=C(O)c1ccc(O)cc1CCCCCc1cc(O)ccc1C(=O)O. The number of hydrogen-bond donors (Lipinski definition) is 4. The van der Waals surface area contributed by atoms with E-state index in [2.05, 4.69) is 0 Å². The van der Waals surface area contributed by atoms with Crippen molar-refractivity contribution in [3.8, 4) is 11.5 Å². The van der Waals surface area contributed by atoms with Crippen molar-refractivity contribution >= 4 is 11.9 Å². The number of hydrogen-bond acceptors (Lipinski definition) is 4. The molecule has 0 aliphatic rings. The summed E-state index contributed by atoms with van der Waals surface area (Å²) in [7, 11) is 0. The number of benzene rings is 2. The van der Waals surface area contributed by atoms with Crippen LogP contribution < -0.4 is 0 Å². The minimum atomic E-state index is -1.03. The molecule has 6 nitrogen and oxygen atoms in total. The zero-order chi connectivity index (χ0) is 18.4. The molecular formula is C19H20O6. The largest absolute Gasteiger partial charge is 0.508 e. The molecule has 0 fully saturated rings. The van der Waals surface area contributed by atoms with Crippen molar-refractivity contribution in [3.05, 3.63) is 58.7 Å². The summed E-state index contributed by atoms with van der Waals surface area (Å²) < 4.78 is 0. The van der Waals surface area contributed by atoms with Crippen molar-refractivity contribution in [2.45, 2.75) is 32.1 Å². The summed E-state index contributed by atoms with van der Waals surface area (Å²) in [4.78, 5) is 22.4. The minimum Gasteiger partial charge on any atom is -0.508 e. The molecule has 2 rings (SSSR count). The molecule has 6 heteroatoms. The van der Waals surface area contributed by atoms with E-state index >= 15 is 0 Å². The van der Waals surface area contributed by atoms with Gasteiger partial charge in [0.25, 0.3) is 0 Å². The first-order valence-corrected chi connectivity index (χ1v) is 7.99. The van der Waals surface area contributed by atoms with Crippen LogP contribution in [0.1, 0.15) is 51.1 Å². The lowest BCUT2D eigenvalue weighted by Gasteiger charge is -2.08. The Labute approximate surface area is 145 Å². The number of phenolic OH excluding ortho intramolecular Hbond substituents is 2. The van der Waals surface area contributed by atoms with Gasteiger partial charge < -0.3 is 20.4 Å². The first-order chi connectivity index (χ1) is 11.9. The number of unbranched alkanes of at least 4 members (excludes halogenated alkanes) is 2. The molecule has 0 radical (unpaired) electrons. The number of phenols is 2.